The smallest absolute Gasteiger partial charge is 0.481 e. The summed E-state index contributed by atoms with van der Waals surface area (Å²) < 4.78 is 51.2. The summed E-state index contributed by atoms with van der Waals surface area (Å²) in [5.41, 5.74) is 0.204. The van der Waals surface area contributed by atoms with Crippen LogP contribution in [0.25, 0.3) is 11.1 Å². The van der Waals surface area contributed by atoms with Gasteiger partial charge in [-0.3, -0.25) is 0 Å². The number of esters is 1. The molecule has 2 rings (SSSR count). The number of carbonyl (C=O) groups is 1. The van der Waals surface area contributed by atoms with Gasteiger partial charge in [0.05, 0.1) is 19.8 Å². The number of carbonyl (C=O) groups excluding carboxylic acids is 1. The van der Waals surface area contributed by atoms with Gasteiger partial charge in [-0.25, -0.2) is 9.78 Å². The summed E-state index contributed by atoms with van der Waals surface area (Å²) in [5, 5.41) is 0. The van der Waals surface area contributed by atoms with E-state index in [0.717, 1.165) is 13.2 Å². The molecule has 0 unspecified atom stereocenters. The largest absolute Gasteiger partial charge is 0.573 e. The molecule has 0 saturated carbocycles. The molecule has 0 aliphatic rings. The van der Waals surface area contributed by atoms with E-state index in [4.69, 9.17) is 4.74 Å². The lowest BCUT2D eigenvalue weighted by Crippen LogP contribution is -2.17. The third-order valence-electron chi connectivity index (χ3n) is 2.90. The highest BCUT2D eigenvalue weighted by Crippen LogP contribution is 2.36. The minimum absolute atomic E-state index is 0.0116. The molecule has 0 amide bonds. The van der Waals surface area contributed by atoms with E-state index in [9.17, 15) is 18.0 Å². The van der Waals surface area contributed by atoms with Gasteiger partial charge < -0.3 is 14.2 Å². The zero-order chi connectivity index (χ0) is 17.0. The van der Waals surface area contributed by atoms with Crippen LogP contribution in [0.3, 0.4) is 0 Å². The van der Waals surface area contributed by atoms with Crippen molar-refractivity contribution in [1.82, 2.24) is 4.98 Å². The monoisotopic (exact) mass is 327 g/mol. The number of methoxy groups -OCH3 is 2. The van der Waals surface area contributed by atoms with Crippen molar-refractivity contribution in [3.8, 4) is 22.8 Å². The van der Waals surface area contributed by atoms with Crippen molar-refractivity contribution in [2.24, 2.45) is 0 Å². The number of hydrogen-bond acceptors (Lipinski definition) is 5. The Morgan fingerprint density at radius 1 is 1.13 bits per heavy atom. The maximum Gasteiger partial charge on any atom is 0.573 e. The average molecular weight is 327 g/mol. The minimum Gasteiger partial charge on any atom is -0.481 e. The summed E-state index contributed by atoms with van der Waals surface area (Å²) in [6.45, 7) is 0. The van der Waals surface area contributed by atoms with E-state index in [1.165, 1.54) is 37.6 Å². The first-order valence-corrected chi connectivity index (χ1v) is 6.33. The number of halogens is 3. The van der Waals surface area contributed by atoms with E-state index in [0.29, 0.717) is 0 Å². The Morgan fingerprint density at radius 3 is 2.43 bits per heavy atom. The van der Waals surface area contributed by atoms with Crippen LogP contribution in [0.1, 0.15) is 10.4 Å². The normalized spacial score (nSPS) is 11.0. The van der Waals surface area contributed by atoms with Gasteiger partial charge in [-0.1, -0.05) is 18.2 Å². The molecular formula is C15H12F3NO4. The molecule has 0 aliphatic carbocycles. The predicted octanol–water partition coefficient (Wildman–Crippen LogP) is 3.44. The Labute approximate surface area is 129 Å². The van der Waals surface area contributed by atoms with Crippen LogP contribution < -0.4 is 9.47 Å². The Morgan fingerprint density at radius 2 is 1.83 bits per heavy atom. The van der Waals surface area contributed by atoms with Crippen LogP contribution in [0.15, 0.2) is 36.5 Å². The topological polar surface area (TPSA) is 57.7 Å². The zero-order valence-corrected chi connectivity index (χ0v) is 12.2. The number of benzene rings is 1. The van der Waals surface area contributed by atoms with Gasteiger partial charge in [-0.15, -0.1) is 13.2 Å². The lowest BCUT2D eigenvalue weighted by molar-refractivity contribution is -0.274. The summed E-state index contributed by atoms with van der Waals surface area (Å²) in [4.78, 5) is 15.8. The molecule has 122 valence electrons. The molecule has 5 nitrogen and oxygen atoms in total. The summed E-state index contributed by atoms with van der Waals surface area (Å²) in [7, 11) is 2.51. The van der Waals surface area contributed by atoms with Crippen molar-refractivity contribution in [1.29, 1.82) is 0 Å². The van der Waals surface area contributed by atoms with Crippen LogP contribution in [0, 0.1) is 0 Å². The van der Waals surface area contributed by atoms with Crippen molar-refractivity contribution in [2.45, 2.75) is 6.36 Å². The van der Waals surface area contributed by atoms with Crippen molar-refractivity contribution >= 4 is 5.97 Å². The number of aromatic nitrogens is 1. The van der Waals surface area contributed by atoms with E-state index >= 15 is 0 Å². The Kier molecular flexibility index (Phi) is 4.73. The predicted molar refractivity (Wildman–Crippen MR) is 74.2 cm³/mol. The molecule has 0 bridgehead atoms. The summed E-state index contributed by atoms with van der Waals surface area (Å²) in [6.07, 6.45) is -3.63. The number of pyridine rings is 1. The number of nitrogens with zero attached hydrogens (tertiary/aromatic N) is 1. The minimum atomic E-state index is -4.86. The molecule has 0 saturated heterocycles. The molecule has 8 heteroatoms. The molecule has 0 aliphatic heterocycles. The van der Waals surface area contributed by atoms with Gasteiger partial charge in [0, 0.05) is 23.4 Å². The van der Waals surface area contributed by atoms with E-state index in [2.05, 4.69) is 14.5 Å². The second-order valence-corrected chi connectivity index (χ2v) is 4.31. The van der Waals surface area contributed by atoms with Crippen LogP contribution in [0.2, 0.25) is 0 Å². The standard InChI is InChI=1S/C15H12F3NO4/c1-21-13-7-10(14(20)22-2)11(8-19-13)9-5-3-4-6-12(9)23-15(16,17)18/h3-8H,1-2H3. The van der Waals surface area contributed by atoms with Crippen LogP contribution in [0.5, 0.6) is 11.6 Å². The van der Waals surface area contributed by atoms with Gasteiger partial charge in [0.1, 0.15) is 5.75 Å². The molecule has 1 aromatic carbocycles. The van der Waals surface area contributed by atoms with Crippen LogP contribution in [0.4, 0.5) is 13.2 Å². The van der Waals surface area contributed by atoms with E-state index < -0.39 is 18.1 Å². The fourth-order valence-corrected chi connectivity index (χ4v) is 1.94. The first-order valence-electron chi connectivity index (χ1n) is 6.33. The van der Waals surface area contributed by atoms with E-state index in [-0.39, 0.29) is 22.6 Å². The maximum atomic E-state index is 12.5. The second kappa shape index (κ2) is 6.55. The zero-order valence-electron chi connectivity index (χ0n) is 12.2. The highest BCUT2D eigenvalue weighted by atomic mass is 19.4. The molecule has 1 aromatic heterocycles. The summed E-state index contributed by atoms with van der Waals surface area (Å²) in [5.74, 6) is -1.05. The van der Waals surface area contributed by atoms with Gasteiger partial charge in [-0.2, -0.15) is 0 Å². The van der Waals surface area contributed by atoms with Crippen molar-refractivity contribution in [3.05, 3.63) is 42.1 Å². The fourth-order valence-electron chi connectivity index (χ4n) is 1.94. The van der Waals surface area contributed by atoms with Gasteiger partial charge in [0.15, 0.2) is 0 Å². The second-order valence-electron chi connectivity index (χ2n) is 4.31. The van der Waals surface area contributed by atoms with E-state index in [1.54, 1.807) is 0 Å². The molecule has 23 heavy (non-hydrogen) atoms. The highest BCUT2D eigenvalue weighted by molar-refractivity contribution is 5.98. The van der Waals surface area contributed by atoms with Crippen LogP contribution in [-0.4, -0.2) is 31.5 Å². The van der Waals surface area contributed by atoms with Gasteiger partial charge in [0.25, 0.3) is 0 Å². The van der Waals surface area contributed by atoms with Crippen molar-refractivity contribution < 1.29 is 32.2 Å². The van der Waals surface area contributed by atoms with Crippen molar-refractivity contribution in [3.63, 3.8) is 0 Å². The molecule has 0 fully saturated rings. The fraction of sp³-hybridized carbons (Fsp3) is 0.200. The number of alkyl halides is 3. The first-order chi connectivity index (χ1) is 10.9. The lowest BCUT2D eigenvalue weighted by Gasteiger charge is -2.15. The Hall–Kier alpha value is -2.77. The van der Waals surface area contributed by atoms with Gasteiger partial charge >= 0.3 is 12.3 Å². The van der Waals surface area contributed by atoms with Gasteiger partial charge in [-0.05, 0) is 6.07 Å². The molecule has 0 N–H and O–H groups in total. The number of rotatable bonds is 4. The molecule has 0 atom stereocenters. The molecule has 1 heterocycles. The van der Waals surface area contributed by atoms with Crippen LogP contribution in [-0.2, 0) is 4.74 Å². The first kappa shape index (κ1) is 16.6. The average Bonchev–Trinajstić information content (AvgIpc) is 2.52. The Bertz CT molecular complexity index is 716. The van der Waals surface area contributed by atoms with E-state index in [1.807, 2.05) is 0 Å². The van der Waals surface area contributed by atoms with Crippen LogP contribution >= 0.6 is 0 Å². The molecular weight excluding hydrogens is 315 g/mol. The van der Waals surface area contributed by atoms with Crippen molar-refractivity contribution in [2.75, 3.05) is 14.2 Å². The quantitative estimate of drug-likeness (QED) is 0.805. The summed E-state index contributed by atoms with van der Waals surface area (Å²) in [6, 6.07) is 6.72. The maximum absolute atomic E-state index is 12.5. The molecule has 2 aromatic rings. The SMILES string of the molecule is COC(=O)c1cc(OC)ncc1-c1ccccc1OC(F)(F)F. The number of ether oxygens (including phenoxy) is 3. The lowest BCUT2D eigenvalue weighted by atomic mass is 10.0. The summed E-state index contributed by atoms with van der Waals surface area (Å²) >= 11 is 0. The molecule has 0 spiro atoms. The number of hydrogen-bond donors (Lipinski definition) is 0. The number of para-hydroxylation sites is 1. The third kappa shape index (κ3) is 3.91. The highest BCUT2D eigenvalue weighted by Gasteiger charge is 2.32. The van der Waals surface area contributed by atoms with Gasteiger partial charge in [0.2, 0.25) is 5.88 Å². The molecule has 0 radical (unpaired) electrons. The Balaban J connectivity index is 2.60. The third-order valence-corrected chi connectivity index (χ3v) is 2.90.